The molecule has 0 atom stereocenters. The molecule has 0 unspecified atom stereocenters. The normalized spacial score (nSPS) is 12.0. The Kier molecular flexibility index (Phi) is 10.2. The molecular formula is C45H46N4OPt. The molecule has 4 aromatic carbocycles. The second-order valence-electron chi connectivity index (χ2n) is 15.3. The molecule has 0 radical (unpaired) electrons. The smallest absolute Gasteiger partial charge is 0.509 e. The zero-order chi connectivity index (χ0) is 35.2. The third kappa shape index (κ3) is 7.32. The van der Waals surface area contributed by atoms with Crippen LogP contribution in [0.3, 0.4) is 0 Å². The van der Waals surface area contributed by atoms with E-state index in [9.17, 15) is 0 Å². The first-order valence-corrected chi connectivity index (χ1v) is 17.7. The minimum atomic E-state index is 0. The predicted octanol–water partition coefficient (Wildman–Crippen LogP) is 11.7. The summed E-state index contributed by atoms with van der Waals surface area (Å²) < 4.78 is 10.7. The molecule has 3 aromatic heterocycles. The van der Waals surface area contributed by atoms with Crippen LogP contribution >= 0.6 is 0 Å². The van der Waals surface area contributed by atoms with Crippen molar-refractivity contribution in [2.75, 3.05) is 0 Å². The Morgan fingerprint density at radius 2 is 1.55 bits per heavy atom. The second kappa shape index (κ2) is 14.3. The number of hydrogen-bond acceptors (Lipinski definition) is 3. The van der Waals surface area contributed by atoms with E-state index >= 15 is 0 Å². The van der Waals surface area contributed by atoms with Crippen molar-refractivity contribution >= 4 is 21.8 Å². The maximum atomic E-state index is 6.51. The van der Waals surface area contributed by atoms with Crippen LogP contribution in [0.25, 0.3) is 44.4 Å². The molecule has 0 N–H and O–H groups in total. The van der Waals surface area contributed by atoms with Gasteiger partial charge in [-0.15, -0.1) is 35.7 Å². The summed E-state index contributed by atoms with van der Waals surface area (Å²) in [6.45, 7) is 17.9. The van der Waals surface area contributed by atoms with E-state index in [0.29, 0.717) is 11.5 Å². The third-order valence-electron chi connectivity index (χ3n) is 10.1. The number of aryl methyl sites for hydroxylation is 2. The van der Waals surface area contributed by atoms with Crippen molar-refractivity contribution in [1.82, 2.24) is 19.3 Å². The van der Waals surface area contributed by atoms with Crippen LogP contribution in [-0.4, -0.2) is 19.3 Å². The Hall–Kier alpha value is -4.47. The van der Waals surface area contributed by atoms with Crippen LogP contribution < -0.4 is 4.74 Å². The van der Waals surface area contributed by atoms with Gasteiger partial charge in [0, 0.05) is 34.5 Å². The molecule has 0 aliphatic rings. The largest absolute Gasteiger partial charge is 2.00 e. The molecular weight excluding hydrogens is 808 g/mol. The molecule has 51 heavy (non-hydrogen) atoms. The van der Waals surface area contributed by atoms with Gasteiger partial charge < -0.3 is 9.30 Å². The van der Waals surface area contributed by atoms with Gasteiger partial charge in [-0.25, -0.2) is 4.98 Å². The van der Waals surface area contributed by atoms with Gasteiger partial charge in [-0.1, -0.05) is 89.5 Å². The molecule has 6 heteroatoms. The van der Waals surface area contributed by atoms with Gasteiger partial charge in [-0.3, -0.25) is 4.68 Å². The first-order chi connectivity index (χ1) is 23.9. The number of hydrogen-bond donors (Lipinski definition) is 0. The van der Waals surface area contributed by atoms with Crippen LogP contribution in [0.5, 0.6) is 11.5 Å². The Balaban J connectivity index is 0.00000448. The van der Waals surface area contributed by atoms with Crippen molar-refractivity contribution in [3.8, 4) is 34.1 Å². The Morgan fingerprint density at radius 1 is 0.784 bits per heavy atom. The van der Waals surface area contributed by atoms with E-state index in [1.807, 2.05) is 41.2 Å². The minimum Gasteiger partial charge on any atom is -0.509 e. The molecule has 5 nitrogen and oxygen atoms in total. The predicted molar refractivity (Wildman–Crippen MR) is 206 cm³/mol. The van der Waals surface area contributed by atoms with E-state index in [2.05, 4.69) is 133 Å². The average Bonchev–Trinajstić information content (AvgIpc) is 3.59. The molecule has 0 fully saturated rings. The summed E-state index contributed by atoms with van der Waals surface area (Å²) >= 11 is 0. The van der Waals surface area contributed by atoms with Crippen LogP contribution in [0.1, 0.15) is 76.9 Å². The Morgan fingerprint density at radius 3 is 2.29 bits per heavy atom. The van der Waals surface area contributed by atoms with Crippen LogP contribution in [0.4, 0.5) is 0 Å². The number of nitrogens with zero attached hydrogens (tertiary/aromatic N) is 4. The molecule has 0 saturated carbocycles. The standard InChI is InChI=1S/C45H46N4O.Pt/c1-9-45(7,8)34-18-21-40-39(27-34)38-20-19-37(29-41(38)48(40)42-26-32(23-25-46-42)22-24-44(4,5)6)50-36-17-13-16-35(28-36)49-31(3)43(30(2)47-49)33-14-11-10-12-15-33;/h10-21,23,25-27H,9,22,24H2,1-8H3;/q-2;+2. The number of pyridine rings is 1. The third-order valence-corrected chi connectivity index (χ3v) is 10.1. The summed E-state index contributed by atoms with van der Waals surface area (Å²) in [6, 6.07) is 38.8. The minimum absolute atomic E-state index is 0. The number of benzene rings is 4. The fourth-order valence-corrected chi connectivity index (χ4v) is 6.74. The molecule has 7 rings (SSSR count). The van der Waals surface area contributed by atoms with Gasteiger partial charge in [0.2, 0.25) is 0 Å². The number of fused-ring (bicyclic) bond motifs is 3. The Labute approximate surface area is 317 Å². The number of ether oxygens (including phenoxy) is 1. The van der Waals surface area contributed by atoms with E-state index in [0.717, 1.165) is 69.7 Å². The number of aromatic nitrogens is 4. The zero-order valence-electron chi connectivity index (χ0n) is 30.9. The van der Waals surface area contributed by atoms with Gasteiger partial charge in [-0.2, -0.15) is 17.2 Å². The summed E-state index contributed by atoms with van der Waals surface area (Å²) in [7, 11) is 0. The monoisotopic (exact) mass is 853 g/mol. The first kappa shape index (κ1) is 36.3. The van der Waals surface area contributed by atoms with Crippen molar-refractivity contribution in [3.05, 3.63) is 132 Å². The van der Waals surface area contributed by atoms with Gasteiger partial charge in [0.15, 0.2) is 0 Å². The van der Waals surface area contributed by atoms with Gasteiger partial charge in [-0.05, 0) is 89.9 Å². The van der Waals surface area contributed by atoms with Gasteiger partial charge in [0.05, 0.1) is 5.69 Å². The van der Waals surface area contributed by atoms with Crippen LogP contribution in [0.15, 0.2) is 97.2 Å². The summed E-state index contributed by atoms with van der Waals surface area (Å²) in [4.78, 5) is 4.90. The SMILES string of the molecule is CCC(C)(C)c1ccc2c(c1)c1ccc(Oc3[c-]c(-n4nc(C)c(-c5ccccc5)c4C)ccc3)[c-]c1n2-c1cc(CCC(C)(C)C)ccn1.[Pt+2]. The summed E-state index contributed by atoms with van der Waals surface area (Å²) in [5.74, 6) is 2.11. The second-order valence-corrected chi connectivity index (χ2v) is 15.3. The molecule has 0 aliphatic carbocycles. The van der Waals surface area contributed by atoms with Gasteiger partial charge >= 0.3 is 21.1 Å². The quantitative estimate of drug-likeness (QED) is 0.136. The molecule has 0 bridgehead atoms. The van der Waals surface area contributed by atoms with Crippen molar-refractivity contribution in [1.29, 1.82) is 0 Å². The molecule has 7 aromatic rings. The molecule has 0 amide bonds. The van der Waals surface area contributed by atoms with Gasteiger partial charge in [0.25, 0.3) is 0 Å². The molecule has 0 aliphatic heterocycles. The zero-order valence-corrected chi connectivity index (χ0v) is 33.1. The van der Waals surface area contributed by atoms with Crippen LogP contribution in [-0.2, 0) is 32.9 Å². The topological polar surface area (TPSA) is 44.9 Å². The molecule has 0 spiro atoms. The van der Waals surface area contributed by atoms with E-state index in [-0.39, 0.29) is 31.9 Å². The molecule has 3 heterocycles. The van der Waals surface area contributed by atoms with Gasteiger partial charge in [0.1, 0.15) is 5.82 Å². The first-order valence-electron chi connectivity index (χ1n) is 17.7. The van der Waals surface area contributed by atoms with E-state index in [1.54, 1.807) is 0 Å². The fourth-order valence-electron chi connectivity index (χ4n) is 6.74. The van der Waals surface area contributed by atoms with E-state index in [4.69, 9.17) is 14.8 Å². The van der Waals surface area contributed by atoms with Crippen LogP contribution in [0.2, 0.25) is 0 Å². The van der Waals surface area contributed by atoms with Crippen molar-refractivity contribution in [2.24, 2.45) is 5.41 Å². The fraction of sp³-hybridized carbons (Fsp3) is 0.289. The Bertz CT molecular complexity index is 2320. The van der Waals surface area contributed by atoms with E-state index < -0.39 is 0 Å². The maximum Gasteiger partial charge on any atom is 2.00 e. The summed E-state index contributed by atoms with van der Waals surface area (Å²) in [5.41, 5.74) is 10.1. The van der Waals surface area contributed by atoms with Crippen molar-refractivity contribution in [2.45, 2.75) is 80.1 Å². The summed E-state index contributed by atoms with van der Waals surface area (Å²) in [5, 5.41) is 7.20. The van der Waals surface area contributed by atoms with Crippen molar-refractivity contribution < 1.29 is 25.8 Å². The summed E-state index contributed by atoms with van der Waals surface area (Å²) in [6.07, 6.45) is 5.09. The number of rotatable bonds is 9. The van der Waals surface area contributed by atoms with E-state index in [1.165, 1.54) is 16.5 Å². The maximum absolute atomic E-state index is 6.51. The van der Waals surface area contributed by atoms with Crippen molar-refractivity contribution in [3.63, 3.8) is 0 Å². The van der Waals surface area contributed by atoms with Crippen LogP contribution in [0, 0.1) is 31.4 Å². The molecule has 0 saturated heterocycles. The average molecular weight is 854 g/mol. The molecule has 262 valence electrons.